The van der Waals surface area contributed by atoms with Crippen LogP contribution in [0.5, 0.6) is 5.75 Å². The molecule has 1 heterocycles. The maximum Gasteiger partial charge on any atom is 0.251 e. The van der Waals surface area contributed by atoms with Crippen molar-refractivity contribution >= 4 is 40.9 Å². The van der Waals surface area contributed by atoms with Crippen molar-refractivity contribution in [2.24, 2.45) is 7.05 Å². The van der Waals surface area contributed by atoms with Crippen LogP contribution in [-0.4, -0.2) is 51.2 Å². The van der Waals surface area contributed by atoms with E-state index in [1.165, 1.54) is 11.8 Å². The van der Waals surface area contributed by atoms with Gasteiger partial charge in [0.2, 0.25) is 5.91 Å². The number of methoxy groups -OCH3 is 1. The van der Waals surface area contributed by atoms with Gasteiger partial charge in [0.1, 0.15) is 11.8 Å². The molecule has 0 aliphatic carbocycles. The molecular formula is C22H24ClN5O4S. The van der Waals surface area contributed by atoms with Crippen LogP contribution in [0.15, 0.2) is 47.6 Å². The van der Waals surface area contributed by atoms with Gasteiger partial charge >= 0.3 is 0 Å². The molecule has 3 rings (SSSR count). The number of hydrogen-bond donors (Lipinski definition) is 3. The Kier molecular flexibility index (Phi) is 8.32. The zero-order valence-electron chi connectivity index (χ0n) is 18.3. The fourth-order valence-corrected chi connectivity index (χ4v) is 3.88. The summed E-state index contributed by atoms with van der Waals surface area (Å²) in [6.07, 6.45) is 0. The minimum absolute atomic E-state index is 0.0971. The number of carbonyl (C=O) groups is 2. The van der Waals surface area contributed by atoms with Gasteiger partial charge in [-0.05, 0) is 48.9 Å². The van der Waals surface area contributed by atoms with E-state index in [0.717, 1.165) is 5.56 Å². The number of amides is 2. The number of ether oxygens (including phenoxy) is 1. The third kappa shape index (κ3) is 6.04. The van der Waals surface area contributed by atoms with Gasteiger partial charge in [-0.2, -0.15) is 0 Å². The third-order valence-electron chi connectivity index (χ3n) is 4.89. The molecule has 0 bridgehead atoms. The van der Waals surface area contributed by atoms with E-state index in [1.54, 1.807) is 61.2 Å². The highest BCUT2D eigenvalue weighted by Gasteiger charge is 2.22. The average Bonchev–Trinajstić information content (AvgIpc) is 3.19. The highest BCUT2D eigenvalue weighted by Crippen LogP contribution is 2.24. The summed E-state index contributed by atoms with van der Waals surface area (Å²) >= 11 is 7.28. The Labute approximate surface area is 200 Å². The van der Waals surface area contributed by atoms with Crippen molar-refractivity contribution in [3.63, 3.8) is 0 Å². The second kappa shape index (κ2) is 11.2. The van der Waals surface area contributed by atoms with Crippen LogP contribution in [0, 0.1) is 6.92 Å². The van der Waals surface area contributed by atoms with Gasteiger partial charge in [-0.25, -0.2) is 0 Å². The monoisotopic (exact) mass is 489 g/mol. The zero-order chi connectivity index (χ0) is 24.0. The molecule has 0 unspecified atom stereocenters. The minimum atomic E-state index is -0.769. The standard InChI is InChI=1S/C22H24ClN5O4S/c1-13-16(23)5-4-6-17(13)24-19(30)12-33-22-27-26-20(28(22)2)18(11-29)25-21(31)14-7-9-15(32-3)10-8-14/h4-10,18,29H,11-12H2,1-3H3,(H,24,30)(H,25,31)/t18-/m1/s1. The summed E-state index contributed by atoms with van der Waals surface area (Å²) in [5.41, 5.74) is 1.85. The lowest BCUT2D eigenvalue weighted by Gasteiger charge is -2.16. The minimum Gasteiger partial charge on any atom is -0.497 e. The van der Waals surface area contributed by atoms with Crippen LogP contribution in [0.1, 0.15) is 27.8 Å². The number of carbonyl (C=O) groups excluding carboxylic acids is 2. The summed E-state index contributed by atoms with van der Waals surface area (Å²) in [4.78, 5) is 24.9. The molecule has 0 aliphatic heterocycles. The molecule has 3 N–H and O–H groups in total. The van der Waals surface area contributed by atoms with Crippen molar-refractivity contribution in [1.82, 2.24) is 20.1 Å². The molecule has 1 atom stereocenters. The number of aliphatic hydroxyl groups is 1. The summed E-state index contributed by atoms with van der Waals surface area (Å²) < 4.78 is 6.73. The van der Waals surface area contributed by atoms with Crippen LogP contribution in [0.4, 0.5) is 5.69 Å². The van der Waals surface area contributed by atoms with Gasteiger partial charge in [0, 0.05) is 23.3 Å². The van der Waals surface area contributed by atoms with Gasteiger partial charge < -0.3 is 25.0 Å². The number of nitrogens with zero attached hydrogens (tertiary/aromatic N) is 3. The smallest absolute Gasteiger partial charge is 0.251 e. The molecule has 0 spiro atoms. The number of anilines is 1. The van der Waals surface area contributed by atoms with E-state index in [0.29, 0.717) is 33.0 Å². The number of halogens is 1. The molecule has 0 saturated carbocycles. The Bertz CT molecular complexity index is 1140. The molecule has 1 aromatic heterocycles. The predicted molar refractivity (Wildman–Crippen MR) is 127 cm³/mol. The predicted octanol–water partition coefficient (Wildman–Crippen LogP) is 2.98. The molecule has 174 valence electrons. The number of aliphatic hydroxyl groups excluding tert-OH is 1. The first kappa shape index (κ1) is 24.6. The van der Waals surface area contributed by atoms with E-state index in [1.807, 2.05) is 6.92 Å². The topological polar surface area (TPSA) is 118 Å². The van der Waals surface area contributed by atoms with Gasteiger partial charge in [0.05, 0.1) is 19.5 Å². The van der Waals surface area contributed by atoms with E-state index in [-0.39, 0.29) is 24.2 Å². The van der Waals surface area contributed by atoms with Crippen molar-refractivity contribution in [1.29, 1.82) is 0 Å². The van der Waals surface area contributed by atoms with E-state index in [4.69, 9.17) is 16.3 Å². The number of nitrogens with one attached hydrogen (secondary N) is 2. The molecule has 2 aromatic carbocycles. The fraction of sp³-hybridized carbons (Fsp3) is 0.273. The van der Waals surface area contributed by atoms with Crippen molar-refractivity contribution in [2.75, 3.05) is 24.8 Å². The molecule has 0 aliphatic rings. The van der Waals surface area contributed by atoms with Crippen molar-refractivity contribution in [3.8, 4) is 5.75 Å². The molecule has 11 heteroatoms. The first-order valence-corrected chi connectivity index (χ1v) is 11.3. The van der Waals surface area contributed by atoms with Gasteiger partial charge in [0.15, 0.2) is 11.0 Å². The molecule has 0 radical (unpaired) electrons. The average molecular weight is 490 g/mol. The molecule has 3 aromatic rings. The summed E-state index contributed by atoms with van der Waals surface area (Å²) in [5.74, 6) is 0.509. The van der Waals surface area contributed by atoms with E-state index in [9.17, 15) is 14.7 Å². The quantitative estimate of drug-likeness (QED) is 0.395. The number of hydrogen-bond acceptors (Lipinski definition) is 7. The van der Waals surface area contributed by atoms with Crippen LogP contribution in [0.3, 0.4) is 0 Å². The fourth-order valence-electron chi connectivity index (χ4n) is 2.99. The van der Waals surface area contributed by atoms with Crippen LogP contribution in [0.2, 0.25) is 5.02 Å². The normalized spacial score (nSPS) is 11.7. The van der Waals surface area contributed by atoms with Gasteiger partial charge in [-0.1, -0.05) is 29.4 Å². The molecule has 2 amide bonds. The van der Waals surface area contributed by atoms with Gasteiger partial charge in [0.25, 0.3) is 5.91 Å². The number of aromatic nitrogens is 3. The maximum atomic E-state index is 12.6. The van der Waals surface area contributed by atoms with Crippen molar-refractivity contribution in [3.05, 3.63) is 64.4 Å². The summed E-state index contributed by atoms with van der Waals surface area (Å²) in [5, 5.41) is 24.6. The highest BCUT2D eigenvalue weighted by atomic mass is 35.5. The maximum absolute atomic E-state index is 12.6. The summed E-state index contributed by atoms with van der Waals surface area (Å²) in [7, 11) is 3.25. The Morgan fingerprint density at radius 2 is 1.94 bits per heavy atom. The van der Waals surface area contributed by atoms with E-state index < -0.39 is 6.04 Å². The summed E-state index contributed by atoms with van der Waals surface area (Å²) in [6, 6.07) is 11.1. The Morgan fingerprint density at radius 3 is 2.61 bits per heavy atom. The lowest BCUT2D eigenvalue weighted by Crippen LogP contribution is -2.32. The molecule has 0 saturated heterocycles. The lowest BCUT2D eigenvalue weighted by atomic mass is 10.2. The van der Waals surface area contributed by atoms with Crippen LogP contribution < -0.4 is 15.4 Å². The van der Waals surface area contributed by atoms with Crippen LogP contribution in [-0.2, 0) is 11.8 Å². The van der Waals surface area contributed by atoms with Gasteiger partial charge in [-0.15, -0.1) is 10.2 Å². The van der Waals surface area contributed by atoms with E-state index in [2.05, 4.69) is 20.8 Å². The summed E-state index contributed by atoms with van der Waals surface area (Å²) in [6.45, 7) is 1.46. The SMILES string of the molecule is COc1ccc(C(=O)N[C@H](CO)c2nnc(SCC(=O)Nc3cccc(Cl)c3C)n2C)cc1. The second-order valence-electron chi connectivity index (χ2n) is 7.09. The third-order valence-corrected chi connectivity index (χ3v) is 6.32. The van der Waals surface area contributed by atoms with E-state index >= 15 is 0 Å². The largest absolute Gasteiger partial charge is 0.497 e. The number of thioether (sulfide) groups is 1. The number of rotatable bonds is 9. The molecule has 0 fully saturated rings. The lowest BCUT2D eigenvalue weighted by molar-refractivity contribution is -0.113. The molecule has 33 heavy (non-hydrogen) atoms. The van der Waals surface area contributed by atoms with Crippen molar-refractivity contribution in [2.45, 2.75) is 18.1 Å². The Balaban J connectivity index is 1.62. The molecular weight excluding hydrogens is 466 g/mol. The van der Waals surface area contributed by atoms with Gasteiger partial charge in [-0.3, -0.25) is 9.59 Å². The Morgan fingerprint density at radius 1 is 1.21 bits per heavy atom. The highest BCUT2D eigenvalue weighted by molar-refractivity contribution is 7.99. The number of benzene rings is 2. The van der Waals surface area contributed by atoms with Crippen LogP contribution >= 0.6 is 23.4 Å². The first-order valence-electron chi connectivity index (χ1n) is 9.96. The molecule has 9 nitrogen and oxygen atoms in total. The Hall–Kier alpha value is -3.08. The second-order valence-corrected chi connectivity index (χ2v) is 8.44. The van der Waals surface area contributed by atoms with Crippen molar-refractivity contribution < 1.29 is 19.4 Å². The van der Waals surface area contributed by atoms with Crippen LogP contribution in [0.25, 0.3) is 0 Å². The zero-order valence-corrected chi connectivity index (χ0v) is 19.9. The first-order chi connectivity index (χ1) is 15.8.